The van der Waals surface area contributed by atoms with Crippen molar-refractivity contribution < 1.29 is 14.3 Å². The molecule has 2 aromatic carbocycles. The second kappa shape index (κ2) is 7.93. The Bertz CT molecular complexity index is 1010. The molecule has 0 spiro atoms. The van der Waals surface area contributed by atoms with Gasteiger partial charge in [0, 0.05) is 20.9 Å². The van der Waals surface area contributed by atoms with Crippen LogP contribution in [-0.2, 0) is 9.53 Å². The van der Waals surface area contributed by atoms with Gasteiger partial charge in [-0.2, -0.15) is 0 Å². The van der Waals surface area contributed by atoms with Crippen LogP contribution < -0.4 is 10.6 Å². The van der Waals surface area contributed by atoms with Crippen molar-refractivity contribution in [3.8, 4) is 0 Å². The average Bonchev–Trinajstić information content (AvgIpc) is 3.03. The largest absolute Gasteiger partial charge is 0.453 e. The van der Waals surface area contributed by atoms with Crippen molar-refractivity contribution in [1.29, 1.82) is 0 Å². The maximum atomic E-state index is 12.1. The molecule has 0 aliphatic heterocycles. The molecule has 0 saturated carbocycles. The van der Waals surface area contributed by atoms with Crippen molar-refractivity contribution in [2.24, 2.45) is 5.41 Å². The van der Waals surface area contributed by atoms with Crippen LogP contribution in [0.1, 0.15) is 20.8 Å². The summed E-state index contributed by atoms with van der Waals surface area (Å²) in [6, 6.07) is 13.5. The highest BCUT2D eigenvalue weighted by Gasteiger charge is 2.21. The van der Waals surface area contributed by atoms with Gasteiger partial charge in [-0.3, -0.25) is 10.1 Å². The Morgan fingerprint density at radius 3 is 2.36 bits per heavy atom. The van der Waals surface area contributed by atoms with Gasteiger partial charge in [0.15, 0.2) is 0 Å². The van der Waals surface area contributed by atoms with Crippen LogP contribution >= 0.6 is 11.8 Å². The molecule has 28 heavy (non-hydrogen) atoms. The molecule has 0 aliphatic rings. The molecular weight excluding hydrogens is 376 g/mol. The molecule has 0 atom stereocenters. The van der Waals surface area contributed by atoms with E-state index in [4.69, 9.17) is 0 Å². The van der Waals surface area contributed by atoms with E-state index in [9.17, 15) is 9.59 Å². The number of amides is 2. The average molecular weight is 398 g/mol. The molecule has 3 N–H and O–H groups in total. The number of rotatable bonds is 4. The summed E-state index contributed by atoms with van der Waals surface area (Å²) in [5.74, 6) is 0.317. The van der Waals surface area contributed by atoms with Crippen molar-refractivity contribution in [1.82, 2.24) is 9.97 Å². The Hall–Kier alpha value is -3.00. The number of methoxy groups -OCH3 is 1. The number of anilines is 2. The summed E-state index contributed by atoms with van der Waals surface area (Å²) in [6.45, 7) is 5.64. The zero-order chi connectivity index (χ0) is 20.3. The van der Waals surface area contributed by atoms with Crippen molar-refractivity contribution in [2.75, 3.05) is 17.7 Å². The Morgan fingerprint density at radius 1 is 1.04 bits per heavy atom. The SMILES string of the molecule is COC(=O)Nc1nc2ccc(Sc3ccc(NC(=O)C(C)(C)C)cc3)cc2[nH]1. The number of carbonyl (C=O) groups is 2. The number of hydrogen-bond donors (Lipinski definition) is 3. The number of fused-ring (bicyclic) bond motifs is 1. The molecule has 2 amide bonds. The number of aromatic amines is 1. The Morgan fingerprint density at radius 2 is 1.71 bits per heavy atom. The van der Waals surface area contributed by atoms with Gasteiger partial charge in [-0.15, -0.1) is 0 Å². The number of hydrogen-bond acceptors (Lipinski definition) is 5. The van der Waals surface area contributed by atoms with E-state index in [2.05, 4.69) is 25.3 Å². The molecule has 0 saturated heterocycles. The maximum Gasteiger partial charge on any atom is 0.413 e. The first kappa shape index (κ1) is 19.8. The lowest BCUT2D eigenvalue weighted by molar-refractivity contribution is -0.123. The summed E-state index contributed by atoms with van der Waals surface area (Å²) >= 11 is 1.59. The molecule has 0 unspecified atom stereocenters. The summed E-state index contributed by atoms with van der Waals surface area (Å²) in [7, 11) is 1.30. The normalized spacial score (nSPS) is 11.3. The monoisotopic (exact) mass is 398 g/mol. The van der Waals surface area contributed by atoms with Crippen molar-refractivity contribution in [3.63, 3.8) is 0 Å². The van der Waals surface area contributed by atoms with E-state index in [0.717, 1.165) is 26.5 Å². The molecule has 1 aromatic heterocycles. The fourth-order valence-electron chi connectivity index (χ4n) is 2.32. The molecule has 146 valence electrons. The second-order valence-electron chi connectivity index (χ2n) is 7.21. The minimum Gasteiger partial charge on any atom is -0.453 e. The topological polar surface area (TPSA) is 96.1 Å². The van der Waals surface area contributed by atoms with E-state index in [-0.39, 0.29) is 5.91 Å². The zero-order valence-electron chi connectivity index (χ0n) is 16.1. The van der Waals surface area contributed by atoms with Gasteiger partial charge < -0.3 is 15.0 Å². The molecular formula is C20H22N4O3S. The highest BCUT2D eigenvalue weighted by atomic mass is 32.2. The first-order valence-corrected chi connectivity index (χ1v) is 9.50. The van der Waals surface area contributed by atoms with Crippen LogP contribution in [0.15, 0.2) is 52.3 Å². The van der Waals surface area contributed by atoms with Crippen molar-refractivity contribution in [3.05, 3.63) is 42.5 Å². The minimum absolute atomic E-state index is 0.0195. The predicted octanol–water partition coefficient (Wildman–Crippen LogP) is 4.88. The van der Waals surface area contributed by atoms with Crippen LogP contribution in [0.4, 0.5) is 16.4 Å². The number of aromatic nitrogens is 2. The van der Waals surface area contributed by atoms with Gasteiger partial charge in [0.25, 0.3) is 0 Å². The first-order valence-electron chi connectivity index (χ1n) is 8.69. The van der Waals surface area contributed by atoms with Crippen LogP contribution in [0.2, 0.25) is 0 Å². The molecule has 0 bridgehead atoms. The third kappa shape index (κ3) is 4.83. The first-order chi connectivity index (χ1) is 13.2. The third-order valence-corrected chi connectivity index (χ3v) is 4.89. The van der Waals surface area contributed by atoms with Gasteiger partial charge in [0.05, 0.1) is 18.1 Å². The molecule has 0 aliphatic carbocycles. The fourth-order valence-corrected chi connectivity index (χ4v) is 3.18. The molecule has 1 heterocycles. The third-order valence-electron chi connectivity index (χ3n) is 3.89. The quantitative estimate of drug-likeness (QED) is 0.582. The van der Waals surface area contributed by atoms with Crippen LogP contribution in [0.3, 0.4) is 0 Å². The summed E-state index contributed by atoms with van der Waals surface area (Å²) in [5.41, 5.74) is 1.89. The van der Waals surface area contributed by atoms with E-state index in [1.807, 2.05) is 63.2 Å². The zero-order valence-corrected chi connectivity index (χ0v) is 16.9. The number of carbonyl (C=O) groups excluding carboxylic acids is 2. The Balaban J connectivity index is 1.70. The smallest absolute Gasteiger partial charge is 0.413 e. The van der Waals surface area contributed by atoms with Gasteiger partial charge >= 0.3 is 6.09 Å². The van der Waals surface area contributed by atoms with Crippen LogP contribution in [0.5, 0.6) is 0 Å². The van der Waals surface area contributed by atoms with Crippen molar-refractivity contribution >= 4 is 46.4 Å². The van der Waals surface area contributed by atoms with Crippen LogP contribution in [-0.4, -0.2) is 29.1 Å². The Labute approximate surface area is 167 Å². The number of H-pyrrole nitrogens is 1. The van der Waals surface area contributed by atoms with E-state index in [1.165, 1.54) is 7.11 Å². The lowest BCUT2D eigenvalue weighted by Crippen LogP contribution is -2.27. The Kier molecular flexibility index (Phi) is 5.60. The van der Waals surface area contributed by atoms with Gasteiger partial charge in [-0.25, -0.2) is 9.78 Å². The van der Waals surface area contributed by atoms with Gasteiger partial charge in [0.1, 0.15) is 0 Å². The van der Waals surface area contributed by atoms with E-state index in [1.54, 1.807) is 11.8 Å². The van der Waals surface area contributed by atoms with Crippen molar-refractivity contribution in [2.45, 2.75) is 30.6 Å². The number of benzene rings is 2. The van der Waals surface area contributed by atoms with E-state index >= 15 is 0 Å². The number of nitrogens with zero attached hydrogens (tertiary/aromatic N) is 1. The summed E-state index contributed by atoms with van der Waals surface area (Å²) < 4.78 is 4.56. The lowest BCUT2D eigenvalue weighted by Gasteiger charge is -2.17. The second-order valence-corrected chi connectivity index (χ2v) is 8.36. The maximum absolute atomic E-state index is 12.1. The molecule has 3 rings (SSSR count). The van der Waals surface area contributed by atoms with E-state index < -0.39 is 11.5 Å². The predicted molar refractivity (Wildman–Crippen MR) is 111 cm³/mol. The number of nitrogens with one attached hydrogen (secondary N) is 3. The van der Waals surface area contributed by atoms with Crippen LogP contribution in [0.25, 0.3) is 11.0 Å². The highest BCUT2D eigenvalue weighted by Crippen LogP contribution is 2.31. The highest BCUT2D eigenvalue weighted by molar-refractivity contribution is 7.99. The molecule has 3 aromatic rings. The minimum atomic E-state index is -0.577. The summed E-state index contributed by atoms with van der Waals surface area (Å²) in [4.78, 5) is 32.8. The standard InChI is InChI=1S/C20H22N4O3S/c1-20(2,3)17(25)21-12-5-7-13(8-6-12)28-14-9-10-15-16(11-14)23-18(22-15)24-19(26)27-4/h5-11H,1-4H3,(H,21,25)(H2,22,23,24,26). The number of ether oxygens (including phenoxy) is 1. The number of imidazole rings is 1. The molecule has 7 nitrogen and oxygen atoms in total. The van der Waals surface area contributed by atoms with Gasteiger partial charge in [-0.1, -0.05) is 32.5 Å². The molecule has 0 fully saturated rings. The molecule has 8 heteroatoms. The van der Waals surface area contributed by atoms with Gasteiger partial charge in [-0.05, 0) is 42.5 Å². The van der Waals surface area contributed by atoms with Gasteiger partial charge in [0.2, 0.25) is 11.9 Å². The summed E-state index contributed by atoms with van der Waals surface area (Å²) in [6.07, 6.45) is -0.577. The fraction of sp³-hybridized carbons (Fsp3) is 0.250. The van der Waals surface area contributed by atoms with Crippen LogP contribution in [0, 0.1) is 5.41 Å². The van der Waals surface area contributed by atoms with E-state index in [0.29, 0.717) is 5.95 Å². The lowest BCUT2D eigenvalue weighted by atomic mass is 9.95. The molecule has 0 radical (unpaired) electrons. The summed E-state index contributed by atoms with van der Waals surface area (Å²) in [5, 5.41) is 5.43.